The number of nitriles is 1. The van der Waals surface area contributed by atoms with Gasteiger partial charge in [-0.2, -0.15) is 5.26 Å². The lowest BCUT2D eigenvalue weighted by Gasteiger charge is -2.19. The van der Waals surface area contributed by atoms with Crippen LogP contribution in [0.1, 0.15) is 40.1 Å². The van der Waals surface area contributed by atoms with E-state index in [4.69, 9.17) is 0 Å². The van der Waals surface area contributed by atoms with Crippen molar-refractivity contribution in [2.24, 2.45) is 0 Å². The van der Waals surface area contributed by atoms with Crippen molar-refractivity contribution in [3.05, 3.63) is 61.8 Å². The summed E-state index contributed by atoms with van der Waals surface area (Å²) in [5.74, 6) is -0.316. The van der Waals surface area contributed by atoms with Crippen LogP contribution in [0.3, 0.4) is 0 Å². The van der Waals surface area contributed by atoms with Crippen LogP contribution in [0.25, 0.3) is 10.9 Å². The van der Waals surface area contributed by atoms with Gasteiger partial charge >= 0.3 is 0 Å². The van der Waals surface area contributed by atoms with Crippen molar-refractivity contribution in [1.29, 1.82) is 5.26 Å². The van der Waals surface area contributed by atoms with Crippen molar-refractivity contribution in [3.8, 4) is 6.07 Å². The maximum atomic E-state index is 12.9. The molecule has 0 aliphatic heterocycles. The molecule has 6 heteroatoms. The summed E-state index contributed by atoms with van der Waals surface area (Å²) in [7, 11) is 0. The first-order valence-electron chi connectivity index (χ1n) is 8.68. The van der Waals surface area contributed by atoms with Crippen LogP contribution in [0.4, 0.5) is 5.00 Å². The lowest BCUT2D eigenvalue weighted by Crippen LogP contribution is -2.32. The number of nitrogens with one attached hydrogen (secondary N) is 1. The molecule has 0 fully saturated rings. The second-order valence-electron chi connectivity index (χ2n) is 6.77. The van der Waals surface area contributed by atoms with Crippen molar-refractivity contribution in [3.63, 3.8) is 0 Å². The topological polar surface area (TPSA) is 74.9 Å². The molecule has 138 valence electrons. The normalized spacial score (nSPS) is 12.0. The Hall–Kier alpha value is -2.91. The largest absolute Gasteiger partial charge is 0.315 e. The van der Waals surface area contributed by atoms with Crippen LogP contribution in [-0.4, -0.2) is 10.5 Å². The first kappa shape index (κ1) is 18.9. The third-order valence-electron chi connectivity index (χ3n) is 4.98. The Morgan fingerprint density at radius 1 is 1.22 bits per heavy atom. The zero-order chi connectivity index (χ0) is 19.9. The number of carbonyl (C=O) groups excluding carboxylic acids is 1. The molecule has 0 saturated heterocycles. The first-order chi connectivity index (χ1) is 12.8. The van der Waals surface area contributed by atoms with Crippen LogP contribution in [0.5, 0.6) is 0 Å². The molecule has 3 aromatic rings. The number of fused-ring (bicyclic) bond motifs is 1. The van der Waals surface area contributed by atoms with Crippen LogP contribution >= 0.6 is 11.3 Å². The van der Waals surface area contributed by atoms with Crippen LogP contribution < -0.4 is 10.9 Å². The Labute approximate surface area is 161 Å². The maximum absolute atomic E-state index is 12.9. The highest BCUT2D eigenvalue weighted by atomic mass is 32.1. The summed E-state index contributed by atoms with van der Waals surface area (Å²) in [6, 6.07) is 8.84. The van der Waals surface area contributed by atoms with Gasteiger partial charge in [-0.1, -0.05) is 18.2 Å². The van der Waals surface area contributed by atoms with Crippen LogP contribution in [0.15, 0.2) is 29.1 Å². The number of nitrogens with zero attached hydrogens (tertiary/aromatic N) is 2. The van der Waals surface area contributed by atoms with Crippen molar-refractivity contribution >= 4 is 33.1 Å². The van der Waals surface area contributed by atoms with Crippen molar-refractivity contribution in [1.82, 2.24) is 4.57 Å². The first-order valence-corrected chi connectivity index (χ1v) is 9.50. The van der Waals surface area contributed by atoms with E-state index in [1.54, 1.807) is 13.0 Å². The zero-order valence-corrected chi connectivity index (χ0v) is 16.8. The lowest BCUT2D eigenvalue weighted by atomic mass is 10.1. The molecular weight excluding hydrogens is 358 g/mol. The van der Waals surface area contributed by atoms with Crippen molar-refractivity contribution in [2.45, 2.75) is 40.7 Å². The Morgan fingerprint density at radius 3 is 2.59 bits per heavy atom. The molecule has 1 unspecified atom stereocenters. The SMILES string of the molecule is Cc1sc(NC(=O)C(C)n2c(=O)cc(C)c3cccc(C)c32)c(C#N)c1C. The smallest absolute Gasteiger partial charge is 0.252 e. The van der Waals surface area contributed by atoms with E-state index in [0.717, 1.165) is 32.5 Å². The number of hydrogen-bond donors (Lipinski definition) is 1. The second-order valence-corrected chi connectivity index (χ2v) is 8.00. The molecule has 0 radical (unpaired) electrons. The predicted molar refractivity (Wildman–Crippen MR) is 110 cm³/mol. The van der Waals surface area contributed by atoms with E-state index in [2.05, 4.69) is 11.4 Å². The highest BCUT2D eigenvalue weighted by Gasteiger charge is 2.22. The molecule has 0 aliphatic carbocycles. The van der Waals surface area contributed by atoms with Crippen molar-refractivity contribution < 1.29 is 4.79 Å². The molecule has 0 aliphatic rings. The fourth-order valence-electron chi connectivity index (χ4n) is 3.31. The average molecular weight is 379 g/mol. The Bertz CT molecular complexity index is 1160. The third kappa shape index (κ3) is 3.15. The molecule has 0 saturated carbocycles. The van der Waals surface area contributed by atoms with Gasteiger partial charge < -0.3 is 5.32 Å². The van der Waals surface area contributed by atoms with E-state index in [-0.39, 0.29) is 11.5 Å². The van der Waals surface area contributed by atoms with Crippen LogP contribution in [0, 0.1) is 39.0 Å². The predicted octanol–water partition coefficient (Wildman–Crippen LogP) is 4.37. The summed E-state index contributed by atoms with van der Waals surface area (Å²) in [5, 5.41) is 13.7. The standard InChI is InChI=1S/C21H21N3O2S/c1-11-7-6-8-16-12(2)9-18(25)24(19(11)16)14(4)20(26)23-21-17(10-22)13(3)15(5)27-21/h6-9,14H,1-5H3,(H,23,26). The number of aromatic nitrogens is 1. The van der Waals surface area contributed by atoms with E-state index in [0.29, 0.717) is 10.6 Å². The number of pyridine rings is 1. The number of hydrogen-bond acceptors (Lipinski definition) is 4. The fourth-order valence-corrected chi connectivity index (χ4v) is 4.32. The highest BCUT2D eigenvalue weighted by Crippen LogP contribution is 2.32. The summed E-state index contributed by atoms with van der Waals surface area (Å²) < 4.78 is 1.53. The second kappa shape index (κ2) is 7.01. The molecule has 0 bridgehead atoms. The van der Waals surface area contributed by atoms with E-state index < -0.39 is 6.04 Å². The Kier molecular flexibility index (Phi) is 4.90. The average Bonchev–Trinajstić information content (AvgIpc) is 2.88. The molecule has 0 spiro atoms. The van der Waals surface area contributed by atoms with Gasteiger partial charge in [0.05, 0.1) is 11.1 Å². The number of carbonyl (C=O) groups is 1. The van der Waals surface area contributed by atoms with Gasteiger partial charge in [0.2, 0.25) is 5.91 Å². The van der Waals surface area contributed by atoms with Gasteiger partial charge in [-0.05, 0) is 51.3 Å². The molecule has 1 amide bonds. The number of amides is 1. The molecule has 2 aromatic heterocycles. The monoisotopic (exact) mass is 379 g/mol. The van der Waals surface area contributed by atoms with E-state index in [1.807, 2.05) is 45.9 Å². The molecule has 1 atom stereocenters. The molecule has 5 nitrogen and oxygen atoms in total. The minimum atomic E-state index is -0.712. The number of thiophene rings is 1. The van der Waals surface area contributed by atoms with Gasteiger partial charge in [0.25, 0.3) is 5.56 Å². The number of anilines is 1. The van der Waals surface area contributed by atoms with Gasteiger partial charge in [0, 0.05) is 16.3 Å². The highest BCUT2D eigenvalue weighted by molar-refractivity contribution is 7.16. The number of para-hydroxylation sites is 1. The summed E-state index contributed by atoms with van der Waals surface area (Å²) in [4.78, 5) is 26.6. The zero-order valence-electron chi connectivity index (χ0n) is 16.0. The van der Waals surface area contributed by atoms with Crippen LogP contribution in [-0.2, 0) is 4.79 Å². The molecule has 1 aromatic carbocycles. The van der Waals surface area contributed by atoms with Gasteiger partial charge in [-0.25, -0.2) is 0 Å². The molecule has 2 heterocycles. The van der Waals surface area contributed by atoms with Gasteiger partial charge in [0.15, 0.2) is 0 Å². The number of benzene rings is 1. The van der Waals surface area contributed by atoms with Gasteiger partial charge in [0.1, 0.15) is 17.1 Å². The summed E-state index contributed by atoms with van der Waals surface area (Å²) >= 11 is 1.38. The molecule has 27 heavy (non-hydrogen) atoms. The molecular formula is C21H21N3O2S. The van der Waals surface area contributed by atoms with E-state index in [9.17, 15) is 14.9 Å². The van der Waals surface area contributed by atoms with E-state index in [1.165, 1.54) is 15.9 Å². The minimum Gasteiger partial charge on any atom is -0.315 e. The lowest BCUT2D eigenvalue weighted by molar-refractivity contribution is -0.118. The molecule has 1 N–H and O–H groups in total. The maximum Gasteiger partial charge on any atom is 0.252 e. The number of aryl methyl sites for hydroxylation is 3. The van der Waals surface area contributed by atoms with Gasteiger partial charge in [-0.3, -0.25) is 14.2 Å². The van der Waals surface area contributed by atoms with Gasteiger partial charge in [-0.15, -0.1) is 11.3 Å². The fraction of sp³-hybridized carbons (Fsp3) is 0.286. The Morgan fingerprint density at radius 2 is 1.93 bits per heavy atom. The third-order valence-corrected chi connectivity index (χ3v) is 6.10. The Balaban J connectivity index is 2.08. The number of rotatable bonds is 3. The van der Waals surface area contributed by atoms with Crippen LogP contribution in [0.2, 0.25) is 0 Å². The van der Waals surface area contributed by atoms with Crippen molar-refractivity contribution in [2.75, 3.05) is 5.32 Å². The minimum absolute atomic E-state index is 0.212. The van der Waals surface area contributed by atoms with E-state index >= 15 is 0 Å². The molecule has 3 rings (SSSR count). The summed E-state index contributed by atoms with van der Waals surface area (Å²) in [5.41, 5.74) is 3.74. The summed E-state index contributed by atoms with van der Waals surface area (Å²) in [6.07, 6.45) is 0. The summed E-state index contributed by atoms with van der Waals surface area (Å²) in [6.45, 7) is 9.32. The quantitative estimate of drug-likeness (QED) is 0.734.